The molecular formula is C18H22N4O2. The molecule has 0 spiro atoms. The predicted octanol–water partition coefficient (Wildman–Crippen LogP) is 2.10. The van der Waals surface area contributed by atoms with Crippen LogP contribution in [0.25, 0.3) is 11.0 Å². The lowest BCUT2D eigenvalue weighted by Crippen LogP contribution is -2.40. The fraction of sp³-hybridized carbons (Fsp3) is 0.389. The number of rotatable bonds is 4. The van der Waals surface area contributed by atoms with Crippen molar-refractivity contribution in [2.45, 2.75) is 32.0 Å². The number of furan rings is 1. The van der Waals surface area contributed by atoms with Crippen LogP contribution in [0.15, 0.2) is 40.8 Å². The highest BCUT2D eigenvalue weighted by Gasteiger charge is 2.22. The van der Waals surface area contributed by atoms with Gasteiger partial charge in [-0.2, -0.15) is 0 Å². The first-order valence-electron chi connectivity index (χ1n) is 8.39. The van der Waals surface area contributed by atoms with E-state index in [2.05, 4.69) is 15.5 Å². The molecule has 0 atom stereocenters. The molecule has 6 nitrogen and oxygen atoms in total. The molecule has 1 fully saturated rings. The van der Waals surface area contributed by atoms with Crippen LogP contribution in [0.5, 0.6) is 0 Å². The van der Waals surface area contributed by atoms with Crippen molar-refractivity contribution in [1.82, 2.24) is 9.55 Å². The first-order chi connectivity index (χ1) is 11.7. The van der Waals surface area contributed by atoms with Gasteiger partial charge in [0.25, 0.3) is 0 Å². The van der Waals surface area contributed by atoms with E-state index in [1.165, 1.54) is 0 Å². The number of fused-ring (bicyclic) bond motifs is 1. The van der Waals surface area contributed by atoms with E-state index in [-0.39, 0.29) is 12.6 Å². The van der Waals surface area contributed by atoms with Crippen molar-refractivity contribution in [2.24, 2.45) is 5.73 Å². The van der Waals surface area contributed by atoms with Crippen LogP contribution >= 0.6 is 0 Å². The summed E-state index contributed by atoms with van der Waals surface area (Å²) in [5.41, 5.74) is 8.11. The van der Waals surface area contributed by atoms with Crippen LogP contribution < -0.4 is 10.6 Å². The maximum Gasteiger partial charge on any atom is 0.206 e. The lowest BCUT2D eigenvalue weighted by atomic mass is 10.1. The highest BCUT2D eigenvalue weighted by molar-refractivity contribution is 5.79. The number of aromatic nitrogens is 2. The highest BCUT2D eigenvalue weighted by atomic mass is 16.4. The van der Waals surface area contributed by atoms with Gasteiger partial charge in [-0.3, -0.25) is 0 Å². The summed E-state index contributed by atoms with van der Waals surface area (Å²) < 4.78 is 7.86. The molecule has 0 aliphatic carbocycles. The molecule has 0 amide bonds. The topological polar surface area (TPSA) is 80.5 Å². The van der Waals surface area contributed by atoms with E-state index in [0.29, 0.717) is 12.3 Å². The average molecular weight is 326 g/mol. The Hall–Kier alpha value is -2.31. The van der Waals surface area contributed by atoms with E-state index in [1.807, 2.05) is 30.3 Å². The van der Waals surface area contributed by atoms with Crippen molar-refractivity contribution >= 4 is 17.0 Å². The number of hydrogen-bond acceptors (Lipinski definition) is 5. The van der Waals surface area contributed by atoms with E-state index in [9.17, 15) is 5.11 Å². The van der Waals surface area contributed by atoms with Gasteiger partial charge in [-0.1, -0.05) is 12.1 Å². The number of piperidine rings is 1. The zero-order valence-corrected chi connectivity index (χ0v) is 13.6. The van der Waals surface area contributed by atoms with Gasteiger partial charge >= 0.3 is 0 Å². The normalized spacial score (nSPS) is 16.2. The third kappa shape index (κ3) is 2.79. The quantitative estimate of drug-likeness (QED) is 0.767. The summed E-state index contributed by atoms with van der Waals surface area (Å²) in [4.78, 5) is 7.15. The Kier molecular flexibility index (Phi) is 4.00. The number of aliphatic hydroxyl groups is 1. The first kappa shape index (κ1) is 15.2. The molecule has 3 N–H and O–H groups in total. The molecule has 126 valence electrons. The van der Waals surface area contributed by atoms with Gasteiger partial charge < -0.3 is 24.7 Å². The van der Waals surface area contributed by atoms with Gasteiger partial charge in [0, 0.05) is 19.1 Å². The monoisotopic (exact) mass is 326 g/mol. The van der Waals surface area contributed by atoms with Gasteiger partial charge in [0.15, 0.2) is 0 Å². The number of para-hydroxylation sites is 2. The fourth-order valence-electron chi connectivity index (χ4n) is 3.31. The van der Waals surface area contributed by atoms with E-state index >= 15 is 0 Å². The minimum atomic E-state index is -0.0818. The first-order valence-corrected chi connectivity index (χ1v) is 8.39. The largest absolute Gasteiger partial charge is 0.462 e. The lowest BCUT2D eigenvalue weighted by molar-refractivity contribution is 0.243. The van der Waals surface area contributed by atoms with Crippen LogP contribution in [0, 0.1) is 0 Å². The molecule has 6 heteroatoms. The minimum Gasteiger partial charge on any atom is -0.462 e. The van der Waals surface area contributed by atoms with Crippen LogP contribution in [-0.4, -0.2) is 33.8 Å². The molecule has 24 heavy (non-hydrogen) atoms. The smallest absolute Gasteiger partial charge is 0.206 e. The molecule has 1 aliphatic heterocycles. The molecule has 4 rings (SSSR count). The van der Waals surface area contributed by atoms with Crippen LogP contribution in [-0.2, 0) is 13.2 Å². The minimum absolute atomic E-state index is 0.0818. The Balaban J connectivity index is 1.72. The summed E-state index contributed by atoms with van der Waals surface area (Å²) >= 11 is 0. The molecule has 0 radical (unpaired) electrons. The maximum absolute atomic E-state index is 9.20. The zero-order chi connectivity index (χ0) is 16.5. The van der Waals surface area contributed by atoms with Crippen molar-refractivity contribution in [3.63, 3.8) is 0 Å². The van der Waals surface area contributed by atoms with Crippen molar-refractivity contribution in [2.75, 3.05) is 18.0 Å². The van der Waals surface area contributed by atoms with Gasteiger partial charge in [0.2, 0.25) is 5.95 Å². The summed E-state index contributed by atoms with van der Waals surface area (Å²) in [5.74, 6) is 2.36. The summed E-state index contributed by atoms with van der Waals surface area (Å²) in [6.45, 7) is 2.36. The Bertz CT molecular complexity index is 831. The number of nitrogens with two attached hydrogens (primary N) is 1. The maximum atomic E-state index is 9.20. The number of nitrogens with zero attached hydrogens (tertiary/aromatic N) is 3. The van der Waals surface area contributed by atoms with Gasteiger partial charge in [0.1, 0.15) is 18.1 Å². The van der Waals surface area contributed by atoms with Crippen LogP contribution in [0.2, 0.25) is 0 Å². The summed E-state index contributed by atoms with van der Waals surface area (Å²) in [6.07, 6.45) is 1.97. The van der Waals surface area contributed by atoms with E-state index in [1.54, 1.807) is 0 Å². The van der Waals surface area contributed by atoms with Crippen LogP contribution in [0.4, 0.5) is 5.95 Å². The summed E-state index contributed by atoms with van der Waals surface area (Å²) in [5, 5.41) is 9.20. The molecule has 3 aromatic rings. The molecule has 0 bridgehead atoms. The van der Waals surface area contributed by atoms with Crippen LogP contribution in [0.3, 0.4) is 0 Å². The Labute approximate surface area is 140 Å². The van der Waals surface area contributed by atoms with E-state index < -0.39 is 0 Å². The van der Waals surface area contributed by atoms with Crippen molar-refractivity contribution in [3.8, 4) is 0 Å². The fourth-order valence-corrected chi connectivity index (χ4v) is 3.31. The van der Waals surface area contributed by atoms with Crippen molar-refractivity contribution in [1.29, 1.82) is 0 Å². The zero-order valence-electron chi connectivity index (χ0n) is 13.6. The average Bonchev–Trinajstić information content (AvgIpc) is 3.21. The van der Waals surface area contributed by atoms with Gasteiger partial charge in [-0.05, 0) is 37.1 Å². The number of aliphatic hydroxyl groups excluding tert-OH is 1. The molecule has 1 aliphatic rings. The third-order valence-electron chi connectivity index (χ3n) is 4.64. The second-order valence-electron chi connectivity index (χ2n) is 6.34. The lowest BCUT2D eigenvalue weighted by Gasteiger charge is -2.31. The number of hydrogen-bond donors (Lipinski definition) is 2. The van der Waals surface area contributed by atoms with Crippen molar-refractivity contribution < 1.29 is 9.52 Å². The SMILES string of the molecule is NC1CCN(c2nc3ccccc3n2Cc2ccc(CO)o2)CC1. The van der Waals surface area contributed by atoms with Gasteiger partial charge in [-0.25, -0.2) is 4.98 Å². The van der Waals surface area contributed by atoms with Crippen molar-refractivity contribution in [3.05, 3.63) is 47.9 Å². The molecule has 2 aromatic heterocycles. The van der Waals surface area contributed by atoms with Crippen LogP contribution in [0.1, 0.15) is 24.4 Å². The standard InChI is InChI=1S/C18H22N4O2/c19-13-7-9-21(10-8-13)18-20-16-3-1-2-4-17(16)22(18)11-14-5-6-15(12-23)24-14/h1-6,13,23H,7-12,19H2. The second-order valence-corrected chi connectivity index (χ2v) is 6.34. The number of benzene rings is 1. The summed E-state index contributed by atoms with van der Waals surface area (Å²) in [6, 6.07) is 12.2. The summed E-state index contributed by atoms with van der Waals surface area (Å²) in [7, 11) is 0. The Morgan fingerprint density at radius 1 is 1.12 bits per heavy atom. The van der Waals surface area contributed by atoms with E-state index in [4.69, 9.17) is 15.1 Å². The highest BCUT2D eigenvalue weighted by Crippen LogP contribution is 2.26. The second kappa shape index (κ2) is 6.30. The molecule has 0 saturated carbocycles. The molecule has 1 saturated heterocycles. The Morgan fingerprint density at radius 3 is 2.62 bits per heavy atom. The van der Waals surface area contributed by atoms with Gasteiger partial charge in [0.05, 0.1) is 17.6 Å². The Morgan fingerprint density at radius 2 is 1.88 bits per heavy atom. The van der Waals surface area contributed by atoms with Gasteiger partial charge in [-0.15, -0.1) is 0 Å². The molecule has 1 aromatic carbocycles. The number of anilines is 1. The van der Waals surface area contributed by atoms with E-state index in [0.717, 1.165) is 48.7 Å². The molecular weight excluding hydrogens is 304 g/mol. The third-order valence-corrected chi connectivity index (χ3v) is 4.64. The molecule has 3 heterocycles. The predicted molar refractivity (Wildman–Crippen MR) is 92.9 cm³/mol. The number of imidazole rings is 1. The molecule has 0 unspecified atom stereocenters.